The topological polar surface area (TPSA) is 32.5 Å². The van der Waals surface area contributed by atoms with Gasteiger partial charge >= 0.3 is 0 Å². The highest BCUT2D eigenvalue weighted by Gasteiger charge is 2.28. The van der Waals surface area contributed by atoms with Crippen molar-refractivity contribution in [1.82, 2.24) is 9.80 Å². The highest BCUT2D eigenvalue weighted by atomic mass is 15.3. The number of hydrogen-bond acceptors (Lipinski definition) is 3. The fraction of sp³-hybridized carbons (Fsp3) is 1.00. The van der Waals surface area contributed by atoms with E-state index in [0.29, 0.717) is 5.41 Å². The predicted molar refractivity (Wildman–Crippen MR) is 75.2 cm³/mol. The summed E-state index contributed by atoms with van der Waals surface area (Å²) < 4.78 is 0. The van der Waals surface area contributed by atoms with E-state index >= 15 is 0 Å². The minimum Gasteiger partial charge on any atom is -0.330 e. The molecule has 1 fully saturated rings. The predicted octanol–water partition coefficient (Wildman–Crippen LogP) is 1.78. The Kier molecular flexibility index (Phi) is 6.45. The lowest BCUT2D eigenvalue weighted by Gasteiger charge is -2.41. The smallest absolute Gasteiger partial charge is 0.0110 e. The van der Waals surface area contributed by atoms with Gasteiger partial charge in [0.15, 0.2) is 0 Å². The van der Waals surface area contributed by atoms with Crippen molar-refractivity contribution in [2.24, 2.45) is 11.1 Å². The lowest BCUT2D eigenvalue weighted by Crippen LogP contribution is -2.51. The van der Waals surface area contributed by atoms with Crippen LogP contribution in [0.25, 0.3) is 0 Å². The SMILES string of the molecule is CCCN1CCN(CC(CC)(CC)CN)CC1. The standard InChI is InChI=1S/C14H31N3/c1-4-7-16-8-10-17(11-9-16)13-14(5-2,6-3)12-15/h4-13,15H2,1-3H3. The van der Waals surface area contributed by atoms with Crippen LogP contribution in [0, 0.1) is 5.41 Å². The molecular formula is C14H31N3. The molecule has 0 unspecified atom stereocenters. The molecule has 3 heteroatoms. The second-order valence-electron chi connectivity index (χ2n) is 5.53. The Balaban J connectivity index is 2.38. The summed E-state index contributed by atoms with van der Waals surface area (Å²) in [5.74, 6) is 0. The monoisotopic (exact) mass is 241 g/mol. The van der Waals surface area contributed by atoms with E-state index in [1.807, 2.05) is 0 Å². The molecular weight excluding hydrogens is 210 g/mol. The molecule has 1 aliphatic rings. The summed E-state index contributed by atoms with van der Waals surface area (Å²) in [4.78, 5) is 5.20. The Morgan fingerprint density at radius 2 is 1.47 bits per heavy atom. The Morgan fingerprint density at radius 1 is 0.941 bits per heavy atom. The van der Waals surface area contributed by atoms with Crippen molar-refractivity contribution in [2.45, 2.75) is 40.0 Å². The van der Waals surface area contributed by atoms with Gasteiger partial charge in [-0.25, -0.2) is 0 Å². The van der Waals surface area contributed by atoms with Gasteiger partial charge in [0.05, 0.1) is 0 Å². The molecule has 0 aromatic heterocycles. The van der Waals surface area contributed by atoms with Crippen LogP contribution in [-0.2, 0) is 0 Å². The van der Waals surface area contributed by atoms with Gasteiger partial charge in [-0.2, -0.15) is 0 Å². The molecule has 2 N–H and O–H groups in total. The van der Waals surface area contributed by atoms with E-state index in [4.69, 9.17) is 5.73 Å². The number of nitrogens with two attached hydrogens (primary N) is 1. The number of nitrogens with zero attached hydrogens (tertiary/aromatic N) is 2. The van der Waals surface area contributed by atoms with Crippen molar-refractivity contribution in [3.05, 3.63) is 0 Å². The molecule has 0 saturated carbocycles. The van der Waals surface area contributed by atoms with Crippen LogP contribution in [-0.4, -0.2) is 55.6 Å². The maximum Gasteiger partial charge on any atom is 0.0110 e. The van der Waals surface area contributed by atoms with Crippen LogP contribution < -0.4 is 5.73 Å². The molecule has 0 aliphatic carbocycles. The molecule has 102 valence electrons. The average Bonchev–Trinajstić information content (AvgIpc) is 2.39. The Labute approximate surface area is 107 Å². The molecule has 0 bridgehead atoms. The average molecular weight is 241 g/mol. The quantitative estimate of drug-likeness (QED) is 0.737. The van der Waals surface area contributed by atoms with E-state index < -0.39 is 0 Å². The molecule has 1 rings (SSSR count). The number of hydrogen-bond donors (Lipinski definition) is 1. The fourth-order valence-electron chi connectivity index (χ4n) is 2.79. The van der Waals surface area contributed by atoms with Gasteiger partial charge in [0.25, 0.3) is 0 Å². The van der Waals surface area contributed by atoms with Crippen LogP contribution in [0.4, 0.5) is 0 Å². The molecule has 17 heavy (non-hydrogen) atoms. The second kappa shape index (κ2) is 7.34. The summed E-state index contributed by atoms with van der Waals surface area (Å²) in [5.41, 5.74) is 6.34. The van der Waals surface area contributed by atoms with Crippen LogP contribution >= 0.6 is 0 Å². The minimum absolute atomic E-state index is 0.354. The van der Waals surface area contributed by atoms with Gasteiger partial charge in [-0.05, 0) is 37.8 Å². The van der Waals surface area contributed by atoms with E-state index in [1.165, 1.54) is 58.5 Å². The van der Waals surface area contributed by atoms with Crippen molar-refractivity contribution >= 4 is 0 Å². The summed E-state index contributed by atoms with van der Waals surface area (Å²) in [6, 6.07) is 0. The van der Waals surface area contributed by atoms with E-state index in [9.17, 15) is 0 Å². The van der Waals surface area contributed by atoms with E-state index in [0.717, 1.165) is 6.54 Å². The molecule has 0 atom stereocenters. The Morgan fingerprint density at radius 3 is 1.88 bits per heavy atom. The van der Waals surface area contributed by atoms with Crippen molar-refractivity contribution in [1.29, 1.82) is 0 Å². The molecule has 1 heterocycles. The second-order valence-corrected chi connectivity index (χ2v) is 5.53. The third-order valence-corrected chi connectivity index (χ3v) is 4.50. The third kappa shape index (κ3) is 4.23. The highest BCUT2D eigenvalue weighted by molar-refractivity contribution is 4.83. The first-order chi connectivity index (χ1) is 8.19. The minimum atomic E-state index is 0.354. The molecule has 0 spiro atoms. The first kappa shape index (κ1) is 14.9. The number of rotatable bonds is 7. The number of piperazine rings is 1. The van der Waals surface area contributed by atoms with Gasteiger partial charge in [-0.3, -0.25) is 0 Å². The van der Waals surface area contributed by atoms with Crippen LogP contribution in [0.3, 0.4) is 0 Å². The first-order valence-corrected chi connectivity index (χ1v) is 7.34. The summed E-state index contributed by atoms with van der Waals surface area (Å²) in [7, 11) is 0. The zero-order valence-corrected chi connectivity index (χ0v) is 12.0. The fourth-order valence-corrected chi connectivity index (χ4v) is 2.79. The van der Waals surface area contributed by atoms with Crippen molar-refractivity contribution < 1.29 is 0 Å². The normalized spacial score (nSPS) is 19.8. The lowest BCUT2D eigenvalue weighted by molar-refractivity contribution is 0.0826. The maximum absolute atomic E-state index is 5.98. The van der Waals surface area contributed by atoms with E-state index in [2.05, 4.69) is 30.6 Å². The van der Waals surface area contributed by atoms with Crippen molar-refractivity contribution in [2.75, 3.05) is 45.8 Å². The third-order valence-electron chi connectivity index (χ3n) is 4.50. The Bertz CT molecular complexity index is 185. The summed E-state index contributed by atoms with van der Waals surface area (Å²) in [6.45, 7) is 15.0. The summed E-state index contributed by atoms with van der Waals surface area (Å²) in [6.07, 6.45) is 3.68. The van der Waals surface area contributed by atoms with Gasteiger partial charge in [-0.15, -0.1) is 0 Å². The zero-order chi connectivity index (χ0) is 12.7. The van der Waals surface area contributed by atoms with Crippen LogP contribution in [0.15, 0.2) is 0 Å². The molecule has 1 saturated heterocycles. The van der Waals surface area contributed by atoms with E-state index in [-0.39, 0.29) is 0 Å². The highest BCUT2D eigenvalue weighted by Crippen LogP contribution is 2.26. The lowest BCUT2D eigenvalue weighted by atomic mass is 9.82. The first-order valence-electron chi connectivity index (χ1n) is 7.34. The molecule has 0 radical (unpaired) electrons. The van der Waals surface area contributed by atoms with Crippen LogP contribution in [0.5, 0.6) is 0 Å². The van der Waals surface area contributed by atoms with Gasteiger partial charge in [0.2, 0.25) is 0 Å². The molecule has 3 nitrogen and oxygen atoms in total. The molecule has 0 aromatic rings. The van der Waals surface area contributed by atoms with Crippen molar-refractivity contribution in [3.8, 4) is 0 Å². The van der Waals surface area contributed by atoms with Crippen LogP contribution in [0.1, 0.15) is 40.0 Å². The van der Waals surface area contributed by atoms with Gasteiger partial charge in [0, 0.05) is 32.7 Å². The Hall–Kier alpha value is -0.120. The maximum atomic E-state index is 5.98. The molecule has 1 aliphatic heterocycles. The molecule has 0 aromatic carbocycles. The van der Waals surface area contributed by atoms with Gasteiger partial charge in [-0.1, -0.05) is 20.8 Å². The van der Waals surface area contributed by atoms with Gasteiger partial charge in [0.1, 0.15) is 0 Å². The zero-order valence-electron chi connectivity index (χ0n) is 12.0. The summed E-state index contributed by atoms with van der Waals surface area (Å²) in [5, 5.41) is 0. The molecule has 0 amide bonds. The van der Waals surface area contributed by atoms with E-state index in [1.54, 1.807) is 0 Å². The summed E-state index contributed by atoms with van der Waals surface area (Å²) >= 11 is 0. The van der Waals surface area contributed by atoms with Crippen LogP contribution in [0.2, 0.25) is 0 Å². The largest absolute Gasteiger partial charge is 0.330 e. The van der Waals surface area contributed by atoms with Crippen molar-refractivity contribution in [3.63, 3.8) is 0 Å². The van der Waals surface area contributed by atoms with Gasteiger partial charge < -0.3 is 15.5 Å².